The molecule has 148 valence electrons. The number of amides is 1. The zero-order valence-electron chi connectivity index (χ0n) is 15.9. The fraction of sp³-hybridized carbons (Fsp3) is 0.0400. The van der Waals surface area contributed by atoms with Crippen LogP contribution in [0.3, 0.4) is 0 Å². The third-order valence-corrected chi connectivity index (χ3v) is 5.17. The molecule has 0 aromatic heterocycles. The molecule has 5 heteroatoms. The van der Waals surface area contributed by atoms with E-state index in [1.165, 1.54) is 11.0 Å². The molecular formula is C25H18ClNO3. The largest absolute Gasteiger partial charge is 0.503 e. The van der Waals surface area contributed by atoms with Gasteiger partial charge in [-0.3, -0.25) is 14.5 Å². The van der Waals surface area contributed by atoms with Crippen molar-refractivity contribution in [3.8, 4) is 0 Å². The highest BCUT2D eigenvalue weighted by atomic mass is 35.5. The van der Waals surface area contributed by atoms with Crippen molar-refractivity contribution >= 4 is 35.1 Å². The maximum absolute atomic E-state index is 13.1. The van der Waals surface area contributed by atoms with Crippen molar-refractivity contribution in [2.24, 2.45) is 0 Å². The quantitative estimate of drug-likeness (QED) is 0.558. The number of ketones is 1. The van der Waals surface area contributed by atoms with Crippen molar-refractivity contribution in [2.45, 2.75) is 6.04 Å². The van der Waals surface area contributed by atoms with Gasteiger partial charge in [0.1, 0.15) is 0 Å². The Morgan fingerprint density at radius 3 is 2.13 bits per heavy atom. The van der Waals surface area contributed by atoms with E-state index in [2.05, 4.69) is 0 Å². The molecule has 30 heavy (non-hydrogen) atoms. The molecule has 1 aliphatic rings. The van der Waals surface area contributed by atoms with Crippen LogP contribution in [0, 0.1) is 0 Å². The van der Waals surface area contributed by atoms with Gasteiger partial charge in [-0.1, -0.05) is 78.3 Å². The predicted octanol–water partition coefficient (Wildman–Crippen LogP) is 5.52. The van der Waals surface area contributed by atoms with E-state index < -0.39 is 23.5 Å². The SMILES string of the molecule is O=C(/C=C\c1ccccc1)C1=C(O)C(=O)N(c2ccccc2)[C@@H]1c1ccc(Cl)cc1. The molecule has 0 fully saturated rings. The van der Waals surface area contributed by atoms with Gasteiger partial charge in [-0.2, -0.15) is 0 Å². The number of carbonyl (C=O) groups excluding carboxylic acids is 2. The number of benzene rings is 3. The summed E-state index contributed by atoms with van der Waals surface area (Å²) in [4.78, 5) is 27.5. The number of aliphatic hydroxyl groups excluding tert-OH is 1. The average Bonchev–Trinajstić information content (AvgIpc) is 3.04. The van der Waals surface area contributed by atoms with Crippen molar-refractivity contribution in [2.75, 3.05) is 4.90 Å². The van der Waals surface area contributed by atoms with Crippen LogP contribution in [0.4, 0.5) is 5.69 Å². The first-order valence-corrected chi connectivity index (χ1v) is 9.78. The van der Waals surface area contributed by atoms with Crippen LogP contribution in [-0.4, -0.2) is 16.8 Å². The minimum atomic E-state index is -0.759. The van der Waals surface area contributed by atoms with Gasteiger partial charge in [0.05, 0.1) is 11.6 Å². The number of halogens is 1. The number of carbonyl (C=O) groups is 2. The molecule has 0 unspecified atom stereocenters. The minimum absolute atomic E-state index is 0.0401. The molecule has 0 spiro atoms. The normalized spacial score (nSPS) is 16.5. The van der Waals surface area contributed by atoms with E-state index >= 15 is 0 Å². The lowest BCUT2D eigenvalue weighted by molar-refractivity contribution is -0.117. The Balaban J connectivity index is 1.78. The number of para-hydroxylation sites is 1. The molecule has 0 saturated heterocycles. The van der Waals surface area contributed by atoms with E-state index in [0.29, 0.717) is 16.3 Å². The Hall–Kier alpha value is -3.63. The Morgan fingerprint density at radius 1 is 0.900 bits per heavy atom. The van der Waals surface area contributed by atoms with Gasteiger partial charge in [0.15, 0.2) is 11.5 Å². The van der Waals surface area contributed by atoms with Crippen LogP contribution >= 0.6 is 11.6 Å². The molecule has 1 amide bonds. The summed E-state index contributed by atoms with van der Waals surface area (Å²) >= 11 is 6.03. The molecule has 0 bridgehead atoms. The van der Waals surface area contributed by atoms with Crippen molar-refractivity contribution in [3.63, 3.8) is 0 Å². The molecule has 0 aliphatic carbocycles. The van der Waals surface area contributed by atoms with Gasteiger partial charge in [-0.25, -0.2) is 0 Å². The average molecular weight is 416 g/mol. The van der Waals surface area contributed by atoms with E-state index in [9.17, 15) is 14.7 Å². The van der Waals surface area contributed by atoms with Gasteiger partial charge in [0.25, 0.3) is 5.91 Å². The number of rotatable bonds is 5. The lowest BCUT2D eigenvalue weighted by Crippen LogP contribution is -2.30. The molecular weight excluding hydrogens is 398 g/mol. The first-order chi connectivity index (χ1) is 14.6. The van der Waals surface area contributed by atoms with Gasteiger partial charge in [0.2, 0.25) is 0 Å². The summed E-state index contributed by atoms with van der Waals surface area (Å²) in [6.45, 7) is 0. The number of hydrogen-bond acceptors (Lipinski definition) is 3. The molecule has 1 heterocycles. The number of allylic oxidation sites excluding steroid dienone is 1. The third kappa shape index (κ3) is 3.78. The van der Waals surface area contributed by atoms with Crippen molar-refractivity contribution in [3.05, 3.63) is 118 Å². The smallest absolute Gasteiger partial charge is 0.294 e. The summed E-state index contributed by atoms with van der Waals surface area (Å²) in [5, 5.41) is 11.2. The Kier molecular flexibility index (Phi) is 5.50. The zero-order valence-corrected chi connectivity index (χ0v) is 16.7. The topological polar surface area (TPSA) is 57.6 Å². The van der Waals surface area contributed by atoms with Crippen LogP contribution < -0.4 is 4.90 Å². The van der Waals surface area contributed by atoms with Crippen molar-refractivity contribution < 1.29 is 14.7 Å². The van der Waals surface area contributed by atoms with E-state index in [1.54, 1.807) is 54.6 Å². The van der Waals surface area contributed by atoms with Crippen LogP contribution in [0.2, 0.25) is 5.02 Å². The van der Waals surface area contributed by atoms with Gasteiger partial charge in [-0.05, 0) is 41.5 Å². The summed E-state index contributed by atoms with van der Waals surface area (Å²) in [6, 6.07) is 24.5. The monoisotopic (exact) mass is 415 g/mol. The van der Waals surface area contributed by atoms with Crippen molar-refractivity contribution in [1.29, 1.82) is 0 Å². The van der Waals surface area contributed by atoms with Crippen LogP contribution in [0.1, 0.15) is 17.2 Å². The highest BCUT2D eigenvalue weighted by molar-refractivity contribution is 6.30. The van der Waals surface area contributed by atoms with Crippen LogP contribution in [-0.2, 0) is 9.59 Å². The maximum Gasteiger partial charge on any atom is 0.294 e. The summed E-state index contributed by atoms with van der Waals surface area (Å²) in [6.07, 6.45) is 3.04. The molecule has 4 nitrogen and oxygen atoms in total. The highest BCUT2D eigenvalue weighted by Gasteiger charge is 2.43. The van der Waals surface area contributed by atoms with Gasteiger partial charge < -0.3 is 5.11 Å². The van der Waals surface area contributed by atoms with Crippen molar-refractivity contribution in [1.82, 2.24) is 0 Å². The zero-order chi connectivity index (χ0) is 21.1. The van der Waals surface area contributed by atoms with Gasteiger partial charge in [0, 0.05) is 10.7 Å². The van der Waals surface area contributed by atoms with E-state index in [0.717, 1.165) is 5.56 Å². The molecule has 0 radical (unpaired) electrons. The molecule has 4 rings (SSSR count). The lowest BCUT2D eigenvalue weighted by Gasteiger charge is -2.26. The summed E-state index contributed by atoms with van der Waals surface area (Å²) in [7, 11) is 0. The second-order valence-corrected chi connectivity index (χ2v) is 7.27. The van der Waals surface area contributed by atoms with E-state index in [4.69, 9.17) is 11.6 Å². The Labute approximate surface area is 179 Å². The number of nitrogens with zero attached hydrogens (tertiary/aromatic N) is 1. The fourth-order valence-corrected chi connectivity index (χ4v) is 3.62. The molecule has 3 aromatic carbocycles. The minimum Gasteiger partial charge on any atom is -0.503 e. The molecule has 0 saturated carbocycles. The molecule has 1 aliphatic heterocycles. The number of hydrogen-bond donors (Lipinski definition) is 1. The Bertz CT molecular complexity index is 1140. The maximum atomic E-state index is 13.1. The summed E-state index contributed by atoms with van der Waals surface area (Å²) in [5.74, 6) is -1.58. The molecule has 1 atom stereocenters. The van der Waals surface area contributed by atoms with Crippen LogP contribution in [0.25, 0.3) is 6.08 Å². The second-order valence-electron chi connectivity index (χ2n) is 6.84. The number of anilines is 1. The van der Waals surface area contributed by atoms with Gasteiger partial charge >= 0.3 is 0 Å². The van der Waals surface area contributed by atoms with E-state index in [1.807, 2.05) is 36.4 Å². The predicted molar refractivity (Wildman–Crippen MR) is 118 cm³/mol. The standard InChI is InChI=1S/C25H18ClNO3/c26-19-14-12-18(13-15-19)23-22(21(28)16-11-17-7-3-1-4-8-17)24(29)25(30)27(23)20-9-5-2-6-10-20/h1-16,23,29H/b16-11-/t23-/m1/s1. The first-order valence-electron chi connectivity index (χ1n) is 9.41. The Morgan fingerprint density at radius 2 is 1.50 bits per heavy atom. The fourth-order valence-electron chi connectivity index (χ4n) is 3.50. The molecule has 1 N–H and O–H groups in total. The highest BCUT2D eigenvalue weighted by Crippen LogP contribution is 2.41. The second kappa shape index (κ2) is 8.39. The van der Waals surface area contributed by atoms with E-state index in [-0.39, 0.29) is 5.57 Å². The third-order valence-electron chi connectivity index (χ3n) is 4.92. The summed E-state index contributed by atoms with van der Waals surface area (Å²) < 4.78 is 0. The lowest BCUT2D eigenvalue weighted by atomic mass is 9.95. The number of aliphatic hydroxyl groups is 1. The first kappa shape index (κ1) is 19.7. The molecule has 3 aromatic rings. The van der Waals surface area contributed by atoms with Gasteiger partial charge in [-0.15, -0.1) is 0 Å². The summed E-state index contributed by atoms with van der Waals surface area (Å²) in [5.41, 5.74) is 2.15. The van der Waals surface area contributed by atoms with Crippen LogP contribution in [0.5, 0.6) is 0 Å². The van der Waals surface area contributed by atoms with Crippen LogP contribution in [0.15, 0.2) is 102 Å².